The van der Waals surface area contributed by atoms with Gasteiger partial charge in [0.1, 0.15) is 0 Å². The van der Waals surface area contributed by atoms with Crippen LogP contribution in [0.5, 0.6) is 0 Å². The van der Waals surface area contributed by atoms with Gasteiger partial charge in [-0.1, -0.05) is 24.3 Å². The minimum Gasteiger partial charge on any atom is -0.144 e. The van der Waals surface area contributed by atoms with Crippen molar-refractivity contribution in [3.8, 4) is 10.4 Å². The summed E-state index contributed by atoms with van der Waals surface area (Å²) in [5.74, 6) is 0. The maximum Gasteiger partial charge on any atom is 0.0378 e. The molecular weight excluding hydrogens is 164 g/mol. The van der Waals surface area contributed by atoms with E-state index in [1.54, 1.807) is 11.3 Å². The van der Waals surface area contributed by atoms with Gasteiger partial charge in [0, 0.05) is 4.88 Å². The molecule has 59 valence electrons. The zero-order chi connectivity index (χ0) is 8.39. The third-order valence-electron chi connectivity index (χ3n) is 1.82. The van der Waals surface area contributed by atoms with Gasteiger partial charge in [-0.05, 0) is 35.6 Å². The van der Waals surface area contributed by atoms with Crippen LogP contribution >= 0.6 is 11.3 Å². The lowest BCUT2D eigenvalue weighted by Gasteiger charge is -1.96. The monoisotopic (exact) mass is 173 g/mol. The summed E-state index contributed by atoms with van der Waals surface area (Å²) in [5.41, 5.74) is 2.53. The largest absolute Gasteiger partial charge is 0.144 e. The molecule has 1 heterocycles. The van der Waals surface area contributed by atoms with Gasteiger partial charge in [0.15, 0.2) is 0 Å². The Hall–Kier alpha value is -1.08. The molecule has 0 spiro atoms. The Bertz CT molecular complexity index is 360. The smallest absolute Gasteiger partial charge is 0.0378 e. The lowest BCUT2D eigenvalue weighted by molar-refractivity contribution is 1.53. The first-order chi connectivity index (χ1) is 5.88. The lowest BCUT2D eigenvalue weighted by Crippen LogP contribution is -1.73. The van der Waals surface area contributed by atoms with Gasteiger partial charge < -0.3 is 0 Å². The molecule has 0 N–H and O–H groups in total. The van der Waals surface area contributed by atoms with E-state index >= 15 is 0 Å². The van der Waals surface area contributed by atoms with Gasteiger partial charge in [-0.15, -0.1) is 11.3 Å². The quantitative estimate of drug-likeness (QED) is 0.619. The number of hydrogen-bond acceptors (Lipinski definition) is 1. The molecule has 0 saturated carbocycles. The molecule has 12 heavy (non-hydrogen) atoms. The third-order valence-corrected chi connectivity index (χ3v) is 2.87. The molecule has 1 aromatic carbocycles. The van der Waals surface area contributed by atoms with Crippen molar-refractivity contribution in [2.75, 3.05) is 0 Å². The second-order valence-corrected chi connectivity index (χ2v) is 3.63. The summed E-state index contributed by atoms with van der Waals surface area (Å²) in [7, 11) is 0. The minimum absolute atomic E-state index is 1.20. The average molecular weight is 173 g/mol. The Morgan fingerprint density at radius 2 is 2.17 bits per heavy atom. The van der Waals surface area contributed by atoms with Crippen molar-refractivity contribution in [3.05, 3.63) is 47.3 Å². The van der Waals surface area contributed by atoms with Crippen LogP contribution < -0.4 is 0 Å². The molecule has 0 atom stereocenters. The fourth-order valence-corrected chi connectivity index (χ4v) is 2.10. The lowest BCUT2D eigenvalue weighted by atomic mass is 10.1. The summed E-state index contributed by atoms with van der Waals surface area (Å²) >= 11 is 1.77. The van der Waals surface area contributed by atoms with Crippen LogP contribution in [0, 0.1) is 13.0 Å². The molecular formula is C11H9S. The molecule has 1 aromatic heterocycles. The zero-order valence-corrected chi connectivity index (χ0v) is 7.69. The van der Waals surface area contributed by atoms with E-state index in [0.717, 1.165) is 0 Å². The van der Waals surface area contributed by atoms with Gasteiger partial charge in [-0.25, -0.2) is 0 Å². The van der Waals surface area contributed by atoms with Crippen LogP contribution in [0.4, 0.5) is 0 Å². The van der Waals surface area contributed by atoms with E-state index in [1.807, 2.05) is 18.2 Å². The predicted octanol–water partition coefficient (Wildman–Crippen LogP) is 3.52. The maximum atomic E-state index is 3.22. The molecule has 0 nitrogen and oxygen atoms in total. The Morgan fingerprint density at radius 3 is 2.75 bits per heavy atom. The van der Waals surface area contributed by atoms with E-state index in [0.29, 0.717) is 0 Å². The summed E-state index contributed by atoms with van der Waals surface area (Å²) in [5, 5.41) is 2.12. The Balaban J connectivity index is 2.51. The second kappa shape index (κ2) is 3.11. The molecule has 0 saturated heterocycles. The summed E-state index contributed by atoms with van der Waals surface area (Å²) in [6.45, 7) is 2.13. The zero-order valence-electron chi connectivity index (χ0n) is 6.87. The van der Waals surface area contributed by atoms with E-state index in [4.69, 9.17) is 0 Å². The molecule has 0 aliphatic heterocycles. The fourth-order valence-electron chi connectivity index (χ4n) is 1.18. The number of thiophene rings is 1. The van der Waals surface area contributed by atoms with Crippen molar-refractivity contribution in [2.45, 2.75) is 6.92 Å². The summed E-state index contributed by atoms with van der Waals surface area (Å²) in [4.78, 5) is 1.33. The van der Waals surface area contributed by atoms with Crippen molar-refractivity contribution in [1.29, 1.82) is 0 Å². The van der Waals surface area contributed by atoms with Crippen molar-refractivity contribution < 1.29 is 0 Å². The number of benzene rings is 1. The van der Waals surface area contributed by atoms with E-state index in [1.165, 1.54) is 16.0 Å². The molecule has 0 aliphatic carbocycles. The standard InChI is InChI=1S/C11H9S/c1-9-7-8-12-11(9)10-5-3-2-4-6-10/h2-5,7-8H,1H3. The van der Waals surface area contributed by atoms with Crippen LogP contribution in [0.2, 0.25) is 0 Å². The first-order valence-electron chi connectivity index (χ1n) is 3.89. The van der Waals surface area contributed by atoms with Gasteiger partial charge >= 0.3 is 0 Å². The molecule has 0 unspecified atom stereocenters. The van der Waals surface area contributed by atoms with Crippen LogP contribution in [-0.4, -0.2) is 0 Å². The van der Waals surface area contributed by atoms with Crippen LogP contribution in [-0.2, 0) is 0 Å². The Kier molecular flexibility index (Phi) is 1.96. The number of rotatable bonds is 1. The van der Waals surface area contributed by atoms with Crippen molar-refractivity contribution in [3.63, 3.8) is 0 Å². The SMILES string of the molecule is Cc1ccsc1-c1[c]cccc1. The van der Waals surface area contributed by atoms with Gasteiger partial charge in [0.25, 0.3) is 0 Å². The third kappa shape index (κ3) is 1.28. The van der Waals surface area contributed by atoms with Gasteiger partial charge in [-0.3, -0.25) is 0 Å². The molecule has 2 rings (SSSR count). The van der Waals surface area contributed by atoms with E-state index < -0.39 is 0 Å². The first-order valence-corrected chi connectivity index (χ1v) is 4.77. The average Bonchev–Trinajstić information content (AvgIpc) is 2.53. The highest BCUT2D eigenvalue weighted by Gasteiger charge is 2.00. The fraction of sp³-hybridized carbons (Fsp3) is 0.0909. The van der Waals surface area contributed by atoms with Crippen LogP contribution in [0.15, 0.2) is 35.7 Å². The Morgan fingerprint density at radius 1 is 1.25 bits per heavy atom. The highest BCUT2D eigenvalue weighted by Crippen LogP contribution is 2.27. The highest BCUT2D eigenvalue weighted by molar-refractivity contribution is 7.13. The van der Waals surface area contributed by atoms with Gasteiger partial charge in [0.05, 0.1) is 0 Å². The van der Waals surface area contributed by atoms with Crippen molar-refractivity contribution in [1.82, 2.24) is 0 Å². The van der Waals surface area contributed by atoms with Gasteiger partial charge in [-0.2, -0.15) is 0 Å². The van der Waals surface area contributed by atoms with Gasteiger partial charge in [0.2, 0.25) is 0 Å². The van der Waals surface area contributed by atoms with E-state index in [9.17, 15) is 0 Å². The highest BCUT2D eigenvalue weighted by atomic mass is 32.1. The molecule has 0 aliphatic rings. The maximum absolute atomic E-state index is 3.22. The van der Waals surface area contributed by atoms with Crippen molar-refractivity contribution >= 4 is 11.3 Å². The molecule has 2 aromatic rings. The van der Waals surface area contributed by atoms with E-state index in [-0.39, 0.29) is 0 Å². The number of hydrogen-bond donors (Lipinski definition) is 0. The topological polar surface area (TPSA) is 0 Å². The second-order valence-electron chi connectivity index (χ2n) is 2.71. The normalized spacial score (nSPS) is 10.1. The van der Waals surface area contributed by atoms with Crippen molar-refractivity contribution in [2.24, 2.45) is 0 Å². The summed E-state index contributed by atoms with van der Waals surface area (Å²) < 4.78 is 0. The molecule has 0 bridgehead atoms. The summed E-state index contributed by atoms with van der Waals surface area (Å²) in [6, 6.07) is 13.4. The molecule has 1 radical (unpaired) electrons. The first kappa shape index (κ1) is 7.56. The molecule has 1 heteroatoms. The Labute approximate surface area is 76.5 Å². The molecule has 0 amide bonds. The van der Waals surface area contributed by atoms with Crippen LogP contribution in [0.1, 0.15) is 5.56 Å². The number of aryl methyl sites for hydroxylation is 1. The van der Waals surface area contributed by atoms with Crippen LogP contribution in [0.25, 0.3) is 10.4 Å². The summed E-state index contributed by atoms with van der Waals surface area (Å²) in [6.07, 6.45) is 0. The van der Waals surface area contributed by atoms with Crippen LogP contribution in [0.3, 0.4) is 0 Å². The predicted molar refractivity (Wildman–Crippen MR) is 53.3 cm³/mol. The van der Waals surface area contributed by atoms with E-state index in [2.05, 4.69) is 30.5 Å². The minimum atomic E-state index is 1.20. The molecule has 0 fully saturated rings.